The lowest BCUT2D eigenvalue weighted by molar-refractivity contribution is 0.0665. The number of carbonyl (C=O) groups is 1. The highest BCUT2D eigenvalue weighted by Gasteiger charge is 2.14. The third-order valence-electron chi connectivity index (χ3n) is 3.74. The molecule has 1 saturated carbocycles. The molecule has 0 saturated heterocycles. The summed E-state index contributed by atoms with van der Waals surface area (Å²) in [6.07, 6.45) is 5.16. The Kier molecular flexibility index (Phi) is 3.25. The highest BCUT2D eigenvalue weighted by atomic mass is 16.4. The van der Waals surface area contributed by atoms with Crippen molar-refractivity contribution in [3.63, 3.8) is 0 Å². The van der Waals surface area contributed by atoms with Gasteiger partial charge in [-0.05, 0) is 36.6 Å². The summed E-state index contributed by atoms with van der Waals surface area (Å²) >= 11 is 0. The van der Waals surface area contributed by atoms with Crippen LogP contribution in [0, 0.1) is 0 Å². The SMILES string of the molecule is O=C(O)c1cc2cc(CNC3CCCC3)ccc2o1. The van der Waals surface area contributed by atoms with Gasteiger partial charge in [-0.1, -0.05) is 18.9 Å². The second-order valence-corrected chi connectivity index (χ2v) is 5.15. The van der Waals surface area contributed by atoms with Crippen LogP contribution in [0.5, 0.6) is 0 Å². The van der Waals surface area contributed by atoms with Gasteiger partial charge in [-0.3, -0.25) is 0 Å². The Bertz CT molecular complexity index is 596. The van der Waals surface area contributed by atoms with Crippen molar-refractivity contribution in [2.24, 2.45) is 0 Å². The fraction of sp³-hybridized carbons (Fsp3) is 0.400. The number of carboxylic acids is 1. The van der Waals surface area contributed by atoms with Crippen molar-refractivity contribution in [3.05, 3.63) is 35.6 Å². The average Bonchev–Trinajstić information content (AvgIpc) is 3.04. The number of carboxylic acid groups (broad SMARTS) is 1. The van der Waals surface area contributed by atoms with Gasteiger partial charge in [0, 0.05) is 18.0 Å². The van der Waals surface area contributed by atoms with E-state index in [1.54, 1.807) is 6.07 Å². The van der Waals surface area contributed by atoms with E-state index in [2.05, 4.69) is 5.32 Å². The molecule has 2 aromatic rings. The number of furan rings is 1. The summed E-state index contributed by atoms with van der Waals surface area (Å²) in [4.78, 5) is 10.8. The lowest BCUT2D eigenvalue weighted by Crippen LogP contribution is -2.25. The number of rotatable bonds is 4. The highest BCUT2D eigenvalue weighted by Crippen LogP contribution is 2.22. The van der Waals surface area contributed by atoms with Gasteiger partial charge >= 0.3 is 5.97 Å². The Hall–Kier alpha value is -1.81. The molecule has 1 fully saturated rings. The highest BCUT2D eigenvalue weighted by molar-refractivity contribution is 5.91. The van der Waals surface area contributed by atoms with Crippen molar-refractivity contribution >= 4 is 16.9 Å². The van der Waals surface area contributed by atoms with E-state index in [1.807, 2.05) is 18.2 Å². The Balaban J connectivity index is 1.74. The monoisotopic (exact) mass is 259 g/mol. The predicted molar refractivity (Wildman–Crippen MR) is 72.3 cm³/mol. The molecule has 1 heterocycles. The van der Waals surface area contributed by atoms with E-state index in [-0.39, 0.29) is 5.76 Å². The lowest BCUT2D eigenvalue weighted by atomic mass is 10.1. The molecule has 1 aliphatic carbocycles. The minimum atomic E-state index is -1.03. The molecule has 1 aromatic heterocycles. The minimum Gasteiger partial charge on any atom is -0.475 e. The van der Waals surface area contributed by atoms with Gasteiger partial charge < -0.3 is 14.8 Å². The number of fused-ring (bicyclic) bond motifs is 1. The molecule has 0 spiro atoms. The summed E-state index contributed by atoms with van der Waals surface area (Å²) in [5.74, 6) is -1.03. The molecule has 0 aliphatic heterocycles. The standard InChI is InChI=1S/C15H17NO3/c17-15(18)14-8-11-7-10(5-6-13(11)19-14)9-16-12-3-1-2-4-12/h5-8,12,16H,1-4,9H2,(H,17,18). The van der Waals surface area contributed by atoms with E-state index in [9.17, 15) is 4.79 Å². The van der Waals surface area contributed by atoms with Crippen LogP contribution in [0.3, 0.4) is 0 Å². The molecule has 0 atom stereocenters. The van der Waals surface area contributed by atoms with E-state index >= 15 is 0 Å². The summed E-state index contributed by atoms with van der Waals surface area (Å²) in [6.45, 7) is 0.828. The predicted octanol–water partition coefficient (Wildman–Crippen LogP) is 3.16. The number of hydrogen-bond acceptors (Lipinski definition) is 3. The fourth-order valence-corrected chi connectivity index (χ4v) is 2.70. The Labute approximate surface area is 111 Å². The minimum absolute atomic E-state index is 0.00379. The van der Waals surface area contributed by atoms with Crippen molar-refractivity contribution < 1.29 is 14.3 Å². The summed E-state index contributed by atoms with van der Waals surface area (Å²) in [5.41, 5.74) is 1.79. The summed E-state index contributed by atoms with van der Waals surface area (Å²) in [5, 5.41) is 13.3. The van der Waals surface area contributed by atoms with Gasteiger partial charge in [-0.2, -0.15) is 0 Å². The first-order valence-corrected chi connectivity index (χ1v) is 6.71. The van der Waals surface area contributed by atoms with Crippen molar-refractivity contribution in [2.45, 2.75) is 38.3 Å². The zero-order valence-electron chi connectivity index (χ0n) is 10.7. The van der Waals surface area contributed by atoms with E-state index in [0.717, 1.165) is 17.5 Å². The third kappa shape index (κ3) is 2.63. The maximum absolute atomic E-state index is 10.8. The summed E-state index contributed by atoms with van der Waals surface area (Å²) in [6, 6.07) is 8.03. The van der Waals surface area contributed by atoms with Crippen LogP contribution in [0.1, 0.15) is 41.8 Å². The van der Waals surface area contributed by atoms with Gasteiger partial charge in [0.2, 0.25) is 5.76 Å². The van der Waals surface area contributed by atoms with Gasteiger partial charge in [-0.25, -0.2) is 4.79 Å². The average molecular weight is 259 g/mol. The number of benzene rings is 1. The zero-order chi connectivity index (χ0) is 13.2. The molecular formula is C15H17NO3. The van der Waals surface area contributed by atoms with Crippen LogP contribution < -0.4 is 5.32 Å². The first-order chi connectivity index (χ1) is 9.22. The fourth-order valence-electron chi connectivity index (χ4n) is 2.70. The van der Waals surface area contributed by atoms with Crippen LogP contribution in [0.4, 0.5) is 0 Å². The second kappa shape index (κ2) is 5.05. The van der Waals surface area contributed by atoms with Gasteiger partial charge in [0.1, 0.15) is 5.58 Å². The number of nitrogens with one attached hydrogen (secondary N) is 1. The van der Waals surface area contributed by atoms with Gasteiger partial charge in [0.25, 0.3) is 0 Å². The summed E-state index contributed by atoms with van der Waals surface area (Å²) in [7, 11) is 0. The van der Waals surface area contributed by atoms with Crippen molar-refractivity contribution in [1.29, 1.82) is 0 Å². The molecular weight excluding hydrogens is 242 g/mol. The molecule has 100 valence electrons. The van der Waals surface area contributed by atoms with Crippen LogP contribution in [-0.4, -0.2) is 17.1 Å². The van der Waals surface area contributed by atoms with E-state index in [1.165, 1.54) is 25.7 Å². The topological polar surface area (TPSA) is 62.5 Å². The van der Waals surface area contributed by atoms with Gasteiger partial charge in [-0.15, -0.1) is 0 Å². The molecule has 0 radical (unpaired) electrons. The molecule has 1 aromatic carbocycles. The second-order valence-electron chi connectivity index (χ2n) is 5.15. The quantitative estimate of drug-likeness (QED) is 0.885. The Morgan fingerprint density at radius 1 is 1.32 bits per heavy atom. The first kappa shape index (κ1) is 12.2. The lowest BCUT2D eigenvalue weighted by Gasteiger charge is -2.11. The molecule has 1 aliphatic rings. The van der Waals surface area contributed by atoms with Crippen LogP contribution in [0.2, 0.25) is 0 Å². The largest absolute Gasteiger partial charge is 0.475 e. The van der Waals surface area contributed by atoms with Crippen LogP contribution in [0.25, 0.3) is 11.0 Å². The van der Waals surface area contributed by atoms with Crippen LogP contribution in [0.15, 0.2) is 28.7 Å². The Morgan fingerprint density at radius 3 is 2.84 bits per heavy atom. The van der Waals surface area contributed by atoms with Crippen molar-refractivity contribution in [3.8, 4) is 0 Å². The molecule has 0 bridgehead atoms. The molecule has 19 heavy (non-hydrogen) atoms. The number of hydrogen-bond donors (Lipinski definition) is 2. The molecule has 4 nitrogen and oxygen atoms in total. The number of aromatic carboxylic acids is 1. The van der Waals surface area contributed by atoms with Gasteiger partial charge in [0.15, 0.2) is 0 Å². The third-order valence-corrected chi connectivity index (χ3v) is 3.74. The van der Waals surface area contributed by atoms with Crippen LogP contribution in [-0.2, 0) is 6.54 Å². The zero-order valence-corrected chi connectivity index (χ0v) is 10.7. The van der Waals surface area contributed by atoms with E-state index in [0.29, 0.717) is 11.6 Å². The molecule has 2 N–H and O–H groups in total. The molecule has 0 amide bonds. The van der Waals surface area contributed by atoms with Crippen molar-refractivity contribution in [1.82, 2.24) is 5.32 Å². The maximum atomic E-state index is 10.8. The van der Waals surface area contributed by atoms with E-state index in [4.69, 9.17) is 9.52 Å². The summed E-state index contributed by atoms with van der Waals surface area (Å²) < 4.78 is 5.24. The smallest absolute Gasteiger partial charge is 0.371 e. The maximum Gasteiger partial charge on any atom is 0.371 e. The van der Waals surface area contributed by atoms with E-state index < -0.39 is 5.97 Å². The van der Waals surface area contributed by atoms with Gasteiger partial charge in [0.05, 0.1) is 0 Å². The van der Waals surface area contributed by atoms with Crippen molar-refractivity contribution in [2.75, 3.05) is 0 Å². The Morgan fingerprint density at radius 2 is 2.11 bits per heavy atom. The van der Waals surface area contributed by atoms with Crippen LogP contribution >= 0.6 is 0 Å². The normalized spacial score (nSPS) is 16.2. The molecule has 4 heteroatoms. The first-order valence-electron chi connectivity index (χ1n) is 6.71. The molecule has 0 unspecified atom stereocenters. The molecule has 3 rings (SSSR count).